The molecule has 1 atom stereocenters. The van der Waals surface area contributed by atoms with Crippen LogP contribution in [-0.4, -0.2) is 24.0 Å². The van der Waals surface area contributed by atoms with Crippen LogP contribution in [0.5, 0.6) is 5.75 Å². The highest BCUT2D eigenvalue weighted by Gasteiger charge is 2.23. The van der Waals surface area contributed by atoms with E-state index in [4.69, 9.17) is 9.47 Å². The molecule has 0 saturated heterocycles. The standard InChI is InChI=1S/C20H22N2O4/c1-12(2)25-11-14-4-6-15(7-5-14)20(24)21-16-8-9-18-17(10-16)22-19(23)13(3)26-18/h4-10,12-13H,11H2,1-3H3,(H,21,24)(H,22,23)/t13-/m0/s1. The highest BCUT2D eigenvalue weighted by Crippen LogP contribution is 2.32. The van der Waals surface area contributed by atoms with Crippen LogP contribution in [0.15, 0.2) is 42.5 Å². The van der Waals surface area contributed by atoms with Gasteiger partial charge in [-0.3, -0.25) is 9.59 Å². The second-order valence-electron chi connectivity index (χ2n) is 6.47. The van der Waals surface area contributed by atoms with E-state index in [1.165, 1.54) is 0 Å². The maximum Gasteiger partial charge on any atom is 0.265 e. The lowest BCUT2D eigenvalue weighted by molar-refractivity contribution is -0.122. The van der Waals surface area contributed by atoms with Gasteiger partial charge in [0.05, 0.1) is 18.4 Å². The Balaban J connectivity index is 1.66. The third-order valence-corrected chi connectivity index (χ3v) is 3.97. The number of anilines is 2. The molecule has 0 aromatic heterocycles. The fourth-order valence-electron chi connectivity index (χ4n) is 2.51. The van der Waals surface area contributed by atoms with E-state index in [0.717, 1.165) is 5.56 Å². The average molecular weight is 354 g/mol. The largest absolute Gasteiger partial charge is 0.479 e. The summed E-state index contributed by atoms with van der Waals surface area (Å²) in [7, 11) is 0. The molecule has 2 amide bonds. The lowest BCUT2D eigenvalue weighted by Crippen LogP contribution is -2.34. The number of hydrogen-bond acceptors (Lipinski definition) is 4. The van der Waals surface area contributed by atoms with Crippen LogP contribution < -0.4 is 15.4 Å². The molecule has 0 saturated carbocycles. The highest BCUT2D eigenvalue weighted by atomic mass is 16.5. The minimum Gasteiger partial charge on any atom is -0.479 e. The average Bonchev–Trinajstić information content (AvgIpc) is 2.61. The monoisotopic (exact) mass is 354 g/mol. The zero-order chi connectivity index (χ0) is 18.7. The van der Waals surface area contributed by atoms with Crippen LogP contribution in [0.2, 0.25) is 0 Å². The van der Waals surface area contributed by atoms with Crippen molar-refractivity contribution in [3.8, 4) is 5.75 Å². The van der Waals surface area contributed by atoms with Gasteiger partial charge in [0.1, 0.15) is 5.75 Å². The molecule has 2 aromatic rings. The summed E-state index contributed by atoms with van der Waals surface area (Å²) in [5, 5.41) is 5.59. The van der Waals surface area contributed by atoms with Crippen molar-refractivity contribution >= 4 is 23.2 Å². The number of carbonyl (C=O) groups is 2. The molecule has 0 aliphatic carbocycles. The van der Waals surface area contributed by atoms with Crippen molar-refractivity contribution in [2.75, 3.05) is 10.6 Å². The van der Waals surface area contributed by atoms with Crippen LogP contribution in [0.3, 0.4) is 0 Å². The van der Waals surface area contributed by atoms with Crippen molar-refractivity contribution < 1.29 is 19.1 Å². The highest BCUT2D eigenvalue weighted by molar-refractivity contribution is 6.05. The van der Waals surface area contributed by atoms with Crippen LogP contribution in [0.4, 0.5) is 11.4 Å². The van der Waals surface area contributed by atoms with E-state index in [0.29, 0.717) is 29.3 Å². The van der Waals surface area contributed by atoms with Gasteiger partial charge in [-0.05, 0) is 56.7 Å². The molecule has 6 heteroatoms. The Kier molecular flexibility index (Phi) is 5.23. The first kappa shape index (κ1) is 17.9. The van der Waals surface area contributed by atoms with Gasteiger partial charge in [-0.1, -0.05) is 12.1 Å². The van der Waals surface area contributed by atoms with E-state index in [9.17, 15) is 9.59 Å². The van der Waals surface area contributed by atoms with E-state index in [1.807, 2.05) is 26.0 Å². The molecule has 6 nitrogen and oxygen atoms in total. The number of carbonyl (C=O) groups excluding carboxylic acids is 2. The minimum atomic E-state index is -0.527. The zero-order valence-electron chi connectivity index (χ0n) is 15.0. The number of hydrogen-bond donors (Lipinski definition) is 2. The summed E-state index contributed by atoms with van der Waals surface area (Å²) in [6, 6.07) is 12.4. The van der Waals surface area contributed by atoms with Crippen LogP contribution in [0, 0.1) is 0 Å². The molecule has 0 spiro atoms. The summed E-state index contributed by atoms with van der Waals surface area (Å²) in [5.74, 6) is 0.155. The second-order valence-corrected chi connectivity index (χ2v) is 6.47. The summed E-state index contributed by atoms with van der Waals surface area (Å²) in [6.07, 6.45) is -0.365. The number of fused-ring (bicyclic) bond motifs is 1. The van der Waals surface area contributed by atoms with Gasteiger partial charge in [-0.2, -0.15) is 0 Å². The van der Waals surface area contributed by atoms with E-state index < -0.39 is 6.10 Å². The molecule has 1 heterocycles. The van der Waals surface area contributed by atoms with Gasteiger partial charge in [0.2, 0.25) is 0 Å². The Morgan fingerprint density at radius 3 is 2.65 bits per heavy atom. The van der Waals surface area contributed by atoms with E-state index in [-0.39, 0.29) is 17.9 Å². The summed E-state index contributed by atoms with van der Waals surface area (Å²) in [6.45, 7) is 6.16. The third kappa shape index (κ3) is 4.21. The van der Waals surface area contributed by atoms with Gasteiger partial charge in [0.25, 0.3) is 11.8 Å². The van der Waals surface area contributed by atoms with Crippen LogP contribution in [0.1, 0.15) is 36.7 Å². The summed E-state index contributed by atoms with van der Waals surface area (Å²) in [5.41, 5.74) is 2.69. The van der Waals surface area contributed by atoms with Gasteiger partial charge >= 0.3 is 0 Å². The van der Waals surface area contributed by atoms with Crippen LogP contribution >= 0.6 is 0 Å². The lowest BCUT2D eigenvalue weighted by atomic mass is 10.1. The number of rotatable bonds is 5. The molecule has 1 aliphatic heterocycles. The van der Waals surface area contributed by atoms with E-state index >= 15 is 0 Å². The minimum absolute atomic E-state index is 0.162. The van der Waals surface area contributed by atoms with Crippen molar-refractivity contribution in [2.45, 2.75) is 39.6 Å². The first-order valence-corrected chi connectivity index (χ1v) is 8.56. The summed E-state index contributed by atoms with van der Waals surface area (Å²) in [4.78, 5) is 24.1. The summed E-state index contributed by atoms with van der Waals surface area (Å²) < 4.78 is 11.1. The molecule has 0 radical (unpaired) electrons. The fourth-order valence-corrected chi connectivity index (χ4v) is 2.51. The quantitative estimate of drug-likeness (QED) is 0.860. The van der Waals surface area contributed by atoms with Gasteiger partial charge < -0.3 is 20.1 Å². The molecule has 2 aromatic carbocycles. The van der Waals surface area contributed by atoms with Gasteiger partial charge in [-0.25, -0.2) is 0 Å². The maximum atomic E-state index is 12.4. The Morgan fingerprint density at radius 2 is 1.96 bits per heavy atom. The first-order valence-electron chi connectivity index (χ1n) is 8.56. The molecule has 136 valence electrons. The third-order valence-electron chi connectivity index (χ3n) is 3.97. The number of benzene rings is 2. The molecule has 0 unspecified atom stereocenters. The first-order chi connectivity index (χ1) is 12.4. The predicted molar refractivity (Wildman–Crippen MR) is 99.5 cm³/mol. The molecule has 0 fully saturated rings. The number of nitrogens with one attached hydrogen (secondary N) is 2. The second kappa shape index (κ2) is 7.58. The smallest absolute Gasteiger partial charge is 0.265 e. The maximum absolute atomic E-state index is 12.4. The Labute approximate surface area is 152 Å². The fraction of sp³-hybridized carbons (Fsp3) is 0.300. The van der Waals surface area contributed by atoms with Crippen molar-refractivity contribution in [1.82, 2.24) is 0 Å². The summed E-state index contributed by atoms with van der Waals surface area (Å²) >= 11 is 0. The normalized spacial score (nSPS) is 15.8. The molecule has 3 rings (SSSR count). The van der Waals surface area contributed by atoms with Gasteiger partial charge in [-0.15, -0.1) is 0 Å². The van der Waals surface area contributed by atoms with E-state index in [1.54, 1.807) is 37.3 Å². The Bertz CT molecular complexity index is 815. The van der Waals surface area contributed by atoms with Crippen molar-refractivity contribution in [1.29, 1.82) is 0 Å². The van der Waals surface area contributed by atoms with Crippen molar-refractivity contribution in [3.63, 3.8) is 0 Å². The van der Waals surface area contributed by atoms with Crippen LogP contribution in [-0.2, 0) is 16.1 Å². The molecule has 1 aliphatic rings. The molecule has 2 N–H and O–H groups in total. The zero-order valence-corrected chi connectivity index (χ0v) is 15.0. The lowest BCUT2D eigenvalue weighted by Gasteiger charge is -2.23. The van der Waals surface area contributed by atoms with E-state index in [2.05, 4.69) is 10.6 Å². The SMILES string of the molecule is CC(C)OCc1ccc(C(=O)Nc2ccc3c(c2)NC(=O)[C@H](C)O3)cc1. The number of ether oxygens (including phenoxy) is 2. The molecular formula is C20H22N2O4. The van der Waals surface area contributed by atoms with Crippen molar-refractivity contribution in [3.05, 3.63) is 53.6 Å². The molecular weight excluding hydrogens is 332 g/mol. The van der Waals surface area contributed by atoms with Gasteiger partial charge in [0.15, 0.2) is 6.10 Å². The van der Waals surface area contributed by atoms with Gasteiger partial charge in [0, 0.05) is 11.3 Å². The Morgan fingerprint density at radius 1 is 1.23 bits per heavy atom. The van der Waals surface area contributed by atoms with Crippen LogP contribution in [0.25, 0.3) is 0 Å². The molecule has 0 bridgehead atoms. The number of amides is 2. The molecule has 26 heavy (non-hydrogen) atoms. The van der Waals surface area contributed by atoms with Crippen molar-refractivity contribution in [2.24, 2.45) is 0 Å². The topological polar surface area (TPSA) is 76.7 Å². The predicted octanol–water partition coefficient (Wildman–Crippen LogP) is 3.58. The Hall–Kier alpha value is -2.86.